The monoisotopic (exact) mass is 1320 g/mol. The molecule has 3 saturated heterocycles. The Bertz CT molecular complexity index is 3780. The van der Waals surface area contributed by atoms with Gasteiger partial charge >= 0.3 is 44.8 Å². The van der Waals surface area contributed by atoms with Crippen LogP contribution in [0.4, 0.5) is 11.8 Å². The Morgan fingerprint density at radius 2 is 1.20 bits per heavy atom. The Kier molecular flexibility index (Phi) is 18.9. The maximum absolute atomic E-state index is 13.8. The number of fused-ring (bicyclic) bond motifs is 3. The van der Waals surface area contributed by atoms with Crippen LogP contribution in [0.2, 0.25) is 0 Å². The molecule has 0 radical (unpaired) electrons. The van der Waals surface area contributed by atoms with Crippen molar-refractivity contribution in [3.63, 3.8) is 0 Å². The summed E-state index contributed by atoms with van der Waals surface area (Å²) in [4.78, 5) is 125. The molecular weight excluding hydrogens is 1260 g/mol. The molecule has 17 N–H and O–H groups in total. The highest BCUT2D eigenvalue weighted by molar-refractivity contribution is 7.48. The lowest BCUT2D eigenvalue weighted by Crippen LogP contribution is -2.46. The van der Waals surface area contributed by atoms with Gasteiger partial charge in [-0.05, 0) is 0 Å². The molecule has 0 saturated carbocycles. The van der Waals surface area contributed by atoms with E-state index in [0.29, 0.717) is 0 Å². The number of ether oxygens (including phenoxy) is 4. The number of nitrogens with two attached hydrogens (primary N) is 2. The molecule has 49 heteroatoms. The zero-order valence-electron chi connectivity index (χ0n) is 43.0. The van der Waals surface area contributed by atoms with E-state index in [2.05, 4.69) is 48.9 Å². The van der Waals surface area contributed by atoms with Gasteiger partial charge < -0.3 is 90.1 Å². The van der Waals surface area contributed by atoms with E-state index in [4.69, 9.17) is 57.6 Å². The first-order valence-electron chi connectivity index (χ1n) is 23.9. The number of imidazole rings is 3. The normalized spacial score (nSPS) is 28.7. The Morgan fingerprint density at radius 3 is 1.81 bits per heavy atom. The lowest BCUT2D eigenvalue weighted by molar-refractivity contribution is -0.745. The third kappa shape index (κ3) is 14.5. The summed E-state index contributed by atoms with van der Waals surface area (Å²) in [5, 5.41) is 43.4. The van der Waals surface area contributed by atoms with Crippen molar-refractivity contribution >= 4 is 84.4 Å². The number of phosphoric ester groups is 5. The SMILES string of the molecule is CO[C@@H]1[C@H](OP(=O)(O)OCC2O[C@@H](n3cnc4c(=O)[nH]cnc43)[C@H](O)[C@@H]2O)C(COP(=O)(O)OCC(OP(=O)(O)O)C(COP(=O)(O)OC[C@H]2OC([n+]3cn(C)c4c(=O)[nH]c(N)nc43)[C@H](O)[C@@H]2O)OP(=O)(O)O)O[C@H]1n1cnc2c(N)ncnc21. The highest BCUT2D eigenvalue weighted by Gasteiger charge is 2.53. The number of H-pyrrole nitrogens is 2. The molecule has 9 rings (SSSR count). The van der Waals surface area contributed by atoms with Crippen LogP contribution in [0.3, 0.4) is 0 Å². The van der Waals surface area contributed by atoms with Crippen molar-refractivity contribution in [3.05, 3.63) is 52.3 Å². The van der Waals surface area contributed by atoms with Gasteiger partial charge in [-0.25, -0.2) is 52.3 Å². The molecule has 0 bridgehead atoms. The number of nitrogens with one attached hydrogen (secondary N) is 2. The molecular formula is C36H52N14O30P5+. The molecule has 44 nitrogen and oxygen atoms in total. The van der Waals surface area contributed by atoms with Crippen LogP contribution in [0.25, 0.3) is 33.5 Å². The zero-order chi connectivity index (χ0) is 61.9. The van der Waals surface area contributed by atoms with E-state index in [1.165, 1.54) is 22.5 Å². The Labute approximate surface area is 471 Å². The predicted molar refractivity (Wildman–Crippen MR) is 268 cm³/mol. The number of methoxy groups -OCH3 is 1. The average Bonchev–Trinajstić information content (AvgIpc) is 1.77. The van der Waals surface area contributed by atoms with E-state index in [1.807, 2.05) is 0 Å². The highest BCUT2D eigenvalue weighted by atomic mass is 31.2. The lowest BCUT2D eigenvalue weighted by Gasteiger charge is -2.28. The van der Waals surface area contributed by atoms with Gasteiger partial charge in [0.2, 0.25) is 11.7 Å². The molecule has 6 aromatic rings. The van der Waals surface area contributed by atoms with Gasteiger partial charge in [-0.1, -0.05) is 4.98 Å². The number of aryl methyl sites for hydroxylation is 1. The first kappa shape index (κ1) is 64.6. The molecule has 3 aliphatic rings. The summed E-state index contributed by atoms with van der Waals surface area (Å²) in [5.74, 6) is -0.444. The summed E-state index contributed by atoms with van der Waals surface area (Å²) in [6.45, 7) is -6.62. The summed E-state index contributed by atoms with van der Waals surface area (Å²) in [5.41, 5.74) is 9.91. The molecule has 0 aromatic carbocycles. The molecule has 85 heavy (non-hydrogen) atoms. The third-order valence-corrected chi connectivity index (χ3v) is 16.8. The van der Waals surface area contributed by atoms with Crippen LogP contribution < -0.4 is 27.2 Å². The quantitative estimate of drug-likeness (QED) is 0.0178. The largest absolute Gasteiger partial charge is 0.472 e. The van der Waals surface area contributed by atoms with E-state index in [0.717, 1.165) is 41.6 Å². The zero-order valence-corrected chi connectivity index (χ0v) is 47.5. The molecule has 0 spiro atoms. The summed E-state index contributed by atoms with van der Waals surface area (Å²) in [6.07, 6.45) is -20.1. The number of nitrogens with zero attached hydrogens (tertiary/aromatic N) is 10. The summed E-state index contributed by atoms with van der Waals surface area (Å²) < 4.78 is 132. The minimum Gasteiger partial charge on any atom is -0.387 e. The number of aliphatic hydroxyl groups excluding tert-OH is 4. The van der Waals surface area contributed by atoms with Crippen LogP contribution in [-0.4, -0.2) is 216 Å². The predicted octanol–water partition coefficient (Wildman–Crippen LogP) is -5.44. The van der Waals surface area contributed by atoms with Crippen molar-refractivity contribution in [1.82, 2.24) is 53.6 Å². The van der Waals surface area contributed by atoms with Crippen molar-refractivity contribution in [3.8, 4) is 0 Å². The molecule has 3 fully saturated rings. The van der Waals surface area contributed by atoms with E-state index < -0.39 is 169 Å². The highest BCUT2D eigenvalue weighted by Crippen LogP contribution is 2.53. The van der Waals surface area contributed by atoms with Gasteiger partial charge in [0.1, 0.15) is 79.0 Å². The summed E-state index contributed by atoms with van der Waals surface area (Å²) in [6, 6.07) is 0. The van der Waals surface area contributed by atoms with Crippen LogP contribution in [0.5, 0.6) is 0 Å². The van der Waals surface area contributed by atoms with Crippen LogP contribution in [0, 0.1) is 0 Å². The van der Waals surface area contributed by atoms with Crippen LogP contribution in [0.15, 0.2) is 41.2 Å². The Balaban J connectivity index is 0.873. The number of phosphoric acid groups is 5. The molecule has 0 aliphatic carbocycles. The minimum atomic E-state index is -5.88. The van der Waals surface area contributed by atoms with Gasteiger partial charge in [-0.2, -0.15) is 0 Å². The van der Waals surface area contributed by atoms with Crippen molar-refractivity contribution in [2.24, 2.45) is 7.05 Å². The van der Waals surface area contributed by atoms with Gasteiger partial charge in [0.15, 0.2) is 41.4 Å². The number of rotatable bonds is 26. The van der Waals surface area contributed by atoms with E-state index in [-0.39, 0.29) is 45.3 Å². The fraction of sp³-hybridized carbons (Fsp3) is 0.583. The smallest absolute Gasteiger partial charge is 0.387 e. The van der Waals surface area contributed by atoms with Crippen molar-refractivity contribution < 1.29 is 137 Å². The first-order chi connectivity index (χ1) is 39.7. The standard InChI is InChI=1S/C36H51N14O30P5/c1-47-12-50(30-20(47)32(56)46-36(38)45-30)34-24(54)22(52)15(76-34)5-72-83(63,64)70-3-13(78-81(57,58)59)14(79-82(60,61)62)4-71-84(65,66)73-7-17-25(26(69-2)35(77-17)49-10-43-18-27(37)39-8-40-28(18)49)80-85(67,68)74-6-16-21(51)23(53)33(75-16)48-11-44-19-29(48)41-9-42-31(19)55/h8-17,21-26,33-35,51-54H,3-7H2,1-2H3,(H12-,37,38,39,40,41,42,45,46,55,56,57,58,59,60,61,62,63,64,65,66,67,68)/p+1/t13?,14?,15-,16?,17?,21-,22-,23-,24-,25-,26-,33-,34?,35-/m1/s1. The van der Waals surface area contributed by atoms with Gasteiger partial charge in [0.05, 0.1) is 59.1 Å². The Hall–Kier alpha value is -4.92. The number of anilines is 2. The second-order valence-corrected chi connectivity index (χ2v) is 25.2. The molecule has 0 amide bonds. The second-order valence-electron chi connectivity index (χ2n) is 18.5. The maximum atomic E-state index is 13.8. The van der Waals surface area contributed by atoms with Gasteiger partial charge in [0, 0.05) is 7.11 Å². The number of aliphatic hydroxyl groups is 4. The fourth-order valence-electron chi connectivity index (χ4n) is 9.06. The fourth-order valence-corrected chi connectivity index (χ4v) is 12.6. The van der Waals surface area contributed by atoms with Crippen molar-refractivity contribution in [2.75, 3.05) is 51.6 Å². The molecule has 17 atom stereocenters. The van der Waals surface area contributed by atoms with Crippen LogP contribution >= 0.6 is 39.1 Å². The number of nitrogen functional groups attached to an aromatic ring is 2. The van der Waals surface area contributed by atoms with Crippen molar-refractivity contribution in [2.45, 2.75) is 85.8 Å². The maximum Gasteiger partial charge on any atom is 0.472 e. The van der Waals surface area contributed by atoms with Gasteiger partial charge in [-0.15, -0.1) is 0 Å². The molecule has 470 valence electrons. The molecule has 9 heterocycles. The number of aromatic nitrogens is 12. The van der Waals surface area contributed by atoms with Crippen molar-refractivity contribution in [1.29, 1.82) is 0 Å². The van der Waals surface area contributed by atoms with E-state index in [1.54, 1.807) is 0 Å². The number of aromatic amines is 2. The van der Waals surface area contributed by atoms with E-state index in [9.17, 15) is 87.1 Å². The van der Waals surface area contributed by atoms with Crippen LogP contribution in [0.1, 0.15) is 18.7 Å². The lowest BCUT2D eigenvalue weighted by atomic mass is 10.1. The van der Waals surface area contributed by atoms with Gasteiger partial charge in [-0.3, -0.25) is 64.5 Å². The summed E-state index contributed by atoms with van der Waals surface area (Å²) in [7, 11) is -26.0. The van der Waals surface area contributed by atoms with Crippen LogP contribution in [-0.2, 0) is 85.0 Å². The number of hydrogen-bond acceptors (Lipinski definition) is 31. The second kappa shape index (κ2) is 24.9. The first-order valence-corrected chi connectivity index (χ1v) is 31.5. The third-order valence-electron chi connectivity index (χ3n) is 12.8. The number of hydrogen-bond donors (Lipinski definition) is 15. The molecule has 8 unspecified atom stereocenters. The molecule has 3 aliphatic heterocycles. The average molecular weight is 1320 g/mol. The molecule has 6 aromatic heterocycles. The Morgan fingerprint density at radius 1 is 0.659 bits per heavy atom. The topological polar surface area (TPSA) is 632 Å². The van der Waals surface area contributed by atoms with E-state index >= 15 is 0 Å². The van der Waals surface area contributed by atoms with Gasteiger partial charge in [0.25, 0.3) is 17.1 Å². The summed E-state index contributed by atoms with van der Waals surface area (Å²) >= 11 is 0. The minimum absolute atomic E-state index is 0.0154.